The third kappa shape index (κ3) is 8.25. The molecule has 102 valence electrons. The van der Waals surface area contributed by atoms with Crippen LogP contribution in [0.25, 0.3) is 0 Å². The van der Waals surface area contributed by atoms with E-state index >= 15 is 0 Å². The highest BCUT2D eigenvalue weighted by Gasteiger charge is 2.09. The molecular weight excluding hydrogens is 208 g/mol. The quantitative estimate of drug-likeness (QED) is 0.576. The van der Waals surface area contributed by atoms with Crippen LogP contribution in [-0.2, 0) is 0 Å². The van der Waals surface area contributed by atoms with Crippen molar-refractivity contribution in [2.75, 3.05) is 32.7 Å². The summed E-state index contributed by atoms with van der Waals surface area (Å²) in [5, 5.41) is 0. The topological polar surface area (TPSA) is 6.48 Å². The van der Waals surface area contributed by atoms with Crippen LogP contribution >= 0.6 is 0 Å². The van der Waals surface area contributed by atoms with Crippen molar-refractivity contribution in [2.24, 2.45) is 5.92 Å². The largest absolute Gasteiger partial charge is 0.374 e. The molecule has 0 amide bonds. The molecule has 0 unspecified atom stereocenters. The first-order valence-electron chi connectivity index (χ1n) is 7.14. The minimum Gasteiger partial charge on any atom is -0.374 e. The molecule has 0 aromatic rings. The van der Waals surface area contributed by atoms with Crippen molar-refractivity contribution in [1.82, 2.24) is 9.80 Å². The predicted molar refractivity (Wildman–Crippen MR) is 78.2 cm³/mol. The fraction of sp³-hybridized carbons (Fsp3) is 0.867. The molecule has 0 radical (unpaired) electrons. The summed E-state index contributed by atoms with van der Waals surface area (Å²) in [6, 6.07) is 0. The van der Waals surface area contributed by atoms with Crippen LogP contribution in [0, 0.1) is 5.92 Å². The summed E-state index contributed by atoms with van der Waals surface area (Å²) in [4.78, 5) is 4.99. The molecule has 0 saturated heterocycles. The molecule has 0 fully saturated rings. The van der Waals surface area contributed by atoms with Gasteiger partial charge in [-0.3, -0.25) is 0 Å². The standard InChI is InChI=1S/C15H32N2/c1-7-9-16(10-8-2)11-12-17(15(5)6)13-14(3)4/h14H,5,7-13H2,1-4,6H3. The van der Waals surface area contributed by atoms with E-state index in [0.29, 0.717) is 5.92 Å². The lowest BCUT2D eigenvalue weighted by Crippen LogP contribution is -2.36. The van der Waals surface area contributed by atoms with E-state index in [1.165, 1.54) is 38.2 Å². The van der Waals surface area contributed by atoms with Gasteiger partial charge in [0.1, 0.15) is 0 Å². The zero-order chi connectivity index (χ0) is 13.3. The minimum absolute atomic E-state index is 0.706. The van der Waals surface area contributed by atoms with E-state index in [0.717, 1.165) is 13.1 Å². The summed E-state index contributed by atoms with van der Waals surface area (Å²) in [7, 11) is 0. The average molecular weight is 240 g/mol. The number of hydrogen-bond acceptors (Lipinski definition) is 2. The maximum atomic E-state index is 4.09. The van der Waals surface area contributed by atoms with E-state index in [1.54, 1.807) is 0 Å². The zero-order valence-corrected chi connectivity index (χ0v) is 12.6. The van der Waals surface area contributed by atoms with Gasteiger partial charge in [-0.25, -0.2) is 0 Å². The van der Waals surface area contributed by atoms with Gasteiger partial charge in [0.15, 0.2) is 0 Å². The second-order valence-electron chi connectivity index (χ2n) is 5.42. The average Bonchev–Trinajstić information content (AvgIpc) is 2.23. The molecule has 0 saturated carbocycles. The highest BCUT2D eigenvalue weighted by molar-refractivity contribution is 4.89. The molecule has 0 aromatic heterocycles. The van der Waals surface area contributed by atoms with E-state index in [9.17, 15) is 0 Å². The molecule has 0 N–H and O–H groups in total. The normalized spacial score (nSPS) is 11.2. The van der Waals surface area contributed by atoms with Crippen molar-refractivity contribution < 1.29 is 0 Å². The van der Waals surface area contributed by atoms with Crippen LogP contribution in [0.5, 0.6) is 0 Å². The summed E-state index contributed by atoms with van der Waals surface area (Å²) < 4.78 is 0. The SMILES string of the molecule is C=C(C)N(CCN(CCC)CCC)CC(C)C. The van der Waals surface area contributed by atoms with Crippen molar-refractivity contribution >= 4 is 0 Å². The fourth-order valence-electron chi connectivity index (χ4n) is 2.11. The second kappa shape index (κ2) is 9.52. The molecule has 2 heteroatoms. The van der Waals surface area contributed by atoms with Gasteiger partial charge in [-0.15, -0.1) is 0 Å². The Balaban J connectivity index is 4.11. The minimum atomic E-state index is 0.706. The maximum Gasteiger partial charge on any atom is 0.0302 e. The van der Waals surface area contributed by atoms with Crippen LogP contribution < -0.4 is 0 Å². The van der Waals surface area contributed by atoms with E-state index in [2.05, 4.69) is 51.0 Å². The summed E-state index contributed by atoms with van der Waals surface area (Å²) in [5.74, 6) is 0.706. The highest BCUT2D eigenvalue weighted by atomic mass is 15.2. The van der Waals surface area contributed by atoms with Crippen molar-refractivity contribution in [2.45, 2.75) is 47.5 Å². The van der Waals surface area contributed by atoms with Gasteiger partial charge in [0, 0.05) is 25.3 Å². The Labute approximate surface area is 109 Å². The monoisotopic (exact) mass is 240 g/mol. The maximum absolute atomic E-state index is 4.09. The van der Waals surface area contributed by atoms with Gasteiger partial charge in [0.05, 0.1) is 0 Å². The zero-order valence-electron chi connectivity index (χ0n) is 12.6. The van der Waals surface area contributed by atoms with Crippen LogP contribution in [0.1, 0.15) is 47.5 Å². The molecule has 0 heterocycles. The first-order chi connectivity index (χ1) is 8.01. The second-order valence-corrected chi connectivity index (χ2v) is 5.42. The number of hydrogen-bond donors (Lipinski definition) is 0. The highest BCUT2D eigenvalue weighted by Crippen LogP contribution is 2.06. The first kappa shape index (κ1) is 16.5. The molecule has 0 aliphatic heterocycles. The Hall–Kier alpha value is -0.500. The van der Waals surface area contributed by atoms with Gasteiger partial charge in [-0.05, 0) is 38.8 Å². The van der Waals surface area contributed by atoms with Crippen molar-refractivity contribution in [3.63, 3.8) is 0 Å². The Morgan fingerprint density at radius 2 is 1.53 bits per heavy atom. The Morgan fingerprint density at radius 1 is 1.00 bits per heavy atom. The molecule has 0 spiro atoms. The molecule has 0 aliphatic carbocycles. The van der Waals surface area contributed by atoms with Gasteiger partial charge in [0.25, 0.3) is 0 Å². The smallest absolute Gasteiger partial charge is 0.0302 e. The third-order valence-corrected chi connectivity index (χ3v) is 2.89. The van der Waals surface area contributed by atoms with Gasteiger partial charge in [-0.1, -0.05) is 34.3 Å². The molecule has 0 aliphatic rings. The van der Waals surface area contributed by atoms with Gasteiger partial charge in [0.2, 0.25) is 0 Å². The van der Waals surface area contributed by atoms with Crippen molar-refractivity contribution in [3.05, 3.63) is 12.3 Å². The van der Waals surface area contributed by atoms with Crippen LogP contribution in [0.4, 0.5) is 0 Å². The van der Waals surface area contributed by atoms with Gasteiger partial charge < -0.3 is 9.80 Å². The molecule has 17 heavy (non-hydrogen) atoms. The van der Waals surface area contributed by atoms with Crippen molar-refractivity contribution in [1.29, 1.82) is 0 Å². The van der Waals surface area contributed by atoms with Crippen LogP contribution in [0.2, 0.25) is 0 Å². The molecule has 0 atom stereocenters. The van der Waals surface area contributed by atoms with E-state index in [4.69, 9.17) is 0 Å². The number of rotatable bonds is 10. The summed E-state index contributed by atoms with van der Waals surface area (Å²) in [6.45, 7) is 21.1. The van der Waals surface area contributed by atoms with Crippen molar-refractivity contribution in [3.8, 4) is 0 Å². The van der Waals surface area contributed by atoms with Crippen LogP contribution in [0.3, 0.4) is 0 Å². The van der Waals surface area contributed by atoms with Crippen LogP contribution in [0.15, 0.2) is 12.3 Å². The molecule has 0 rings (SSSR count). The van der Waals surface area contributed by atoms with Gasteiger partial charge >= 0.3 is 0 Å². The van der Waals surface area contributed by atoms with Gasteiger partial charge in [-0.2, -0.15) is 0 Å². The predicted octanol–water partition coefficient (Wildman–Crippen LogP) is 3.60. The lowest BCUT2D eigenvalue weighted by Gasteiger charge is -2.30. The Bertz CT molecular complexity index is 193. The lowest BCUT2D eigenvalue weighted by molar-refractivity contribution is 0.219. The number of nitrogens with zero attached hydrogens (tertiary/aromatic N) is 2. The third-order valence-electron chi connectivity index (χ3n) is 2.89. The van der Waals surface area contributed by atoms with E-state index < -0.39 is 0 Å². The Kier molecular flexibility index (Phi) is 9.24. The summed E-state index contributed by atoms with van der Waals surface area (Å²) in [6.07, 6.45) is 2.49. The molecule has 2 nitrogen and oxygen atoms in total. The molecule has 0 aromatic carbocycles. The Morgan fingerprint density at radius 3 is 1.88 bits per heavy atom. The molecular formula is C15H32N2. The van der Waals surface area contributed by atoms with E-state index in [1.807, 2.05) is 0 Å². The number of allylic oxidation sites excluding steroid dienone is 1. The summed E-state index contributed by atoms with van der Waals surface area (Å²) in [5.41, 5.74) is 1.20. The summed E-state index contributed by atoms with van der Waals surface area (Å²) >= 11 is 0. The first-order valence-corrected chi connectivity index (χ1v) is 7.14. The fourth-order valence-corrected chi connectivity index (χ4v) is 2.11. The van der Waals surface area contributed by atoms with E-state index in [-0.39, 0.29) is 0 Å². The van der Waals surface area contributed by atoms with Crippen LogP contribution in [-0.4, -0.2) is 42.5 Å². The lowest BCUT2D eigenvalue weighted by atomic mass is 10.2. The molecule has 0 bridgehead atoms.